The van der Waals surface area contributed by atoms with Gasteiger partial charge in [0, 0.05) is 0 Å². The lowest BCUT2D eigenvalue weighted by Gasteiger charge is -2.17. The summed E-state index contributed by atoms with van der Waals surface area (Å²) in [5.74, 6) is -1.22. The van der Waals surface area contributed by atoms with Crippen LogP contribution >= 0.6 is 0 Å². The summed E-state index contributed by atoms with van der Waals surface area (Å²) < 4.78 is 11.3. The molecule has 0 aromatic heterocycles. The fraction of sp³-hybridized carbons (Fsp3) is 0.286. The van der Waals surface area contributed by atoms with Crippen molar-refractivity contribution in [2.75, 3.05) is 7.11 Å². The van der Waals surface area contributed by atoms with E-state index in [4.69, 9.17) is 14.3 Å². The van der Waals surface area contributed by atoms with Gasteiger partial charge in [-0.05, 0) is 56.0 Å². The molecule has 1 aliphatic heterocycles. The van der Waals surface area contributed by atoms with Crippen LogP contribution in [0.2, 0.25) is 0 Å². The molecule has 1 aliphatic carbocycles. The summed E-state index contributed by atoms with van der Waals surface area (Å²) in [6.45, 7) is 0. The predicted octanol–water partition coefficient (Wildman–Crippen LogP) is 3.38. The maximum atomic E-state index is 12.5. The molecule has 4 rings (SSSR count). The number of carbonyl (C=O) groups excluding carboxylic acids is 3. The van der Waals surface area contributed by atoms with Gasteiger partial charge >= 0.3 is 5.97 Å². The van der Waals surface area contributed by atoms with Crippen LogP contribution in [-0.2, 0) is 4.84 Å². The predicted molar refractivity (Wildman–Crippen MR) is 98.2 cm³/mol. The van der Waals surface area contributed by atoms with Gasteiger partial charge in [-0.2, -0.15) is 0 Å². The Labute approximate surface area is 161 Å². The van der Waals surface area contributed by atoms with Crippen molar-refractivity contribution in [3.63, 3.8) is 0 Å². The highest BCUT2D eigenvalue weighted by molar-refractivity contribution is 6.21. The van der Waals surface area contributed by atoms with E-state index in [0.717, 1.165) is 25.7 Å². The Morgan fingerprint density at radius 3 is 2.21 bits per heavy atom. The Balaban J connectivity index is 1.51. The van der Waals surface area contributed by atoms with Gasteiger partial charge in [0.2, 0.25) is 0 Å². The van der Waals surface area contributed by atoms with E-state index >= 15 is 0 Å². The molecule has 2 aromatic rings. The molecule has 28 heavy (non-hydrogen) atoms. The van der Waals surface area contributed by atoms with Gasteiger partial charge in [-0.15, -0.1) is 0 Å². The number of benzene rings is 2. The Kier molecular flexibility index (Phi) is 4.73. The third kappa shape index (κ3) is 3.19. The molecule has 2 aromatic carbocycles. The maximum absolute atomic E-state index is 12.5. The molecule has 0 atom stereocenters. The van der Waals surface area contributed by atoms with Crippen LogP contribution < -0.4 is 9.47 Å². The van der Waals surface area contributed by atoms with Crippen molar-refractivity contribution in [2.45, 2.75) is 31.8 Å². The zero-order chi connectivity index (χ0) is 19.7. The third-order valence-corrected chi connectivity index (χ3v) is 4.93. The molecule has 0 saturated heterocycles. The number of hydrogen-bond donors (Lipinski definition) is 0. The topological polar surface area (TPSA) is 82.1 Å². The summed E-state index contributed by atoms with van der Waals surface area (Å²) in [5, 5.41) is 0.489. The Hall–Kier alpha value is -3.35. The van der Waals surface area contributed by atoms with Gasteiger partial charge in [-0.25, -0.2) is 4.79 Å². The molecule has 7 heteroatoms. The van der Waals surface area contributed by atoms with Gasteiger partial charge in [-0.1, -0.05) is 17.2 Å². The fourth-order valence-electron chi connectivity index (χ4n) is 3.46. The molecule has 0 unspecified atom stereocenters. The highest BCUT2D eigenvalue weighted by atomic mass is 16.7. The molecular formula is C21H19NO6. The second kappa shape index (κ2) is 7.34. The average molecular weight is 381 g/mol. The molecule has 2 amide bonds. The Morgan fingerprint density at radius 1 is 0.964 bits per heavy atom. The van der Waals surface area contributed by atoms with Crippen molar-refractivity contribution >= 4 is 17.8 Å². The molecule has 1 saturated carbocycles. The molecule has 1 fully saturated rings. The van der Waals surface area contributed by atoms with Crippen LogP contribution in [-0.4, -0.2) is 36.1 Å². The zero-order valence-electron chi connectivity index (χ0n) is 15.3. The van der Waals surface area contributed by atoms with Crippen molar-refractivity contribution in [3.8, 4) is 11.5 Å². The average Bonchev–Trinajstić information content (AvgIpc) is 3.31. The van der Waals surface area contributed by atoms with Gasteiger partial charge in [-0.3, -0.25) is 9.59 Å². The van der Waals surface area contributed by atoms with Crippen LogP contribution in [0.1, 0.15) is 56.8 Å². The molecule has 0 radical (unpaired) electrons. The minimum absolute atomic E-state index is 0.144. The van der Waals surface area contributed by atoms with Crippen molar-refractivity contribution in [1.29, 1.82) is 0 Å². The first-order valence-corrected chi connectivity index (χ1v) is 9.13. The number of carbonyl (C=O) groups is 3. The standard InChI is InChI=1S/C21H19NO6/c1-26-18-12-13(10-11-17(18)27-14-6-2-3-7-14)21(25)28-22-19(23)15-8-4-5-9-16(15)20(22)24/h4-5,8-12,14H,2-3,6-7H2,1H3. The highest BCUT2D eigenvalue weighted by Crippen LogP contribution is 2.33. The largest absolute Gasteiger partial charge is 0.493 e. The lowest BCUT2D eigenvalue weighted by molar-refractivity contribution is -0.0584. The number of amides is 2. The molecule has 0 bridgehead atoms. The molecule has 0 N–H and O–H groups in total. The van der Waals surface area contributed by atoms with Crippen LogP contribution in [0.5, 0.6) is 11.5 Å². The smallest absolute Gasteiger partial charge is 0.364 e. The molecular weight excluding hydrogens is 362 g/mol. The van der Waals surface area contributed by atoms with E-state index in [9.17, 15) is 14.4 Å². The van der Waals surface area contributed by atoms with E-state index in [-0.39, 0.29) is 22.8 Å². The van der Waals surface area contributed by atoms with Gasteiger partial charge in [0.05, 0.1) is 29.9 Å². The second-order valence-corrected chi connectivity index (χ2v) is 6.72. The SMILES string of the molecule is COc1cc(C(=O)ON2C(=O)c3ccccc3C2=O)ccc1OC1CCCC1. The van der Waals surface area contributed by atoms with Crippen LogP contribution in [0.4, 0.5) is 0 Å². The third-order valence-electron chi connectivity index (χ3n) is 4.93. The summed E-state index contributed by atoms with van der Waals surface area (Å²) in [6.07, 6.45) is 4.40. The highest BCUT2D eigenvalue weighted by Gasteiger charge is 2.38. The zero-order valence-corrected chi connectivity index (χ0v) is 15.3. The summed E-state index contributed by atoms with van der Waals surface area (Å²) in [6, 6.07) is 10.9. The fourth-order valence-corrected chi connectivity index (χ4v) is 3.46. The van der Waals surface area contributed by atoms with E-state index in [1.807, 2.05) is 0 Å². The second-order valence-electron chi connectivity index (χ2n) is 6.72. The monoisotopic (exact) mass is 381 g/mol. The van der Waals surface area contributed by atoms with Crippen molar-refractivity contribution < 1.29 is 28.7 Å². The molecule has 144 valence electrons. The van der Waals surface area contributed by atoms with Gasteiger partial charge in [0.1, 0.15) is 0 Å². The van der Waals surface area contributed by atoms with E-state index in [1.54, 1.807) is 18.2 Å². The maximum Gasteiger partial charge on any atom is 0.364 e. The molecule has 0 spiro atoms. The van der Waals surface area contributed by atoms with Gasteiger partial charge in [0.15, 0.2) is 11.5 Å². The van der Waals surface area contributed by atoms with Crippen molar-refractivity contribution in [1.82, 2.24) is 5.06 Å². The normalized spacial score (nSPS) is 16.2. The van der Waals surface area contributed by atoms with Crippen LogP contribution in [0.25, 0.3) is 0 Å². The first-order chi connectivity index (χ1) is 13.6. The first kappa shape index (κ1) is 18.0. The number of fused-ring (bicyclic) bond motifs is 1. The summed E-state index contributed by atoms with van der Waals surface area (Å²) in [4.78, 5) is 42.2. The summed E-state index contributed by atoms with van der Waals surface area (Å²) >= 11 is 0. The minimum atomic E-state index is -0.833. The van der Waals surface area contributed by atoms with Crippen molar-refractivity contribution in [3.05, 3.63) is 59.2 Å². The summed E-state index contributed by atoms with van der Waals surface area (Å²) in [5.41, 5.74) is 0.559. The number of nitrogens with zero attached hydrogens (tertiary/aromatic N) is 1. The number of rotatable bonds is 5. The van der Waals surface area contributed by atoms with Crippen LogP contribution in [0, 0.1) is 0 Å². The van der Waals surface area contributed by atoms with E-state index in [2.05, 4.69) is 0 Å². The van der Waals surface area contributed by atoms with E-state index in [1.165, 1.54) is 31.4 Å². The van der Waals surface area contributed by atoms with Crippen LogP contribution in [0.15, 0.2) is 42.5 Å². The van der Waals surface area contributed by atoms with E-state index in [0.29, 0.717) is 16.6 Å². The quantitative estimate of drug-likeness (QED) is 0.739. The number of methoxy groups -OCH3 is 1. The number of hydrogen-bond acceptors (Lipinski definition) is 6. The Morgan fingerprint density at radius 2 is 1.61 bits per heavy atom. The number of hydroxylamine groups is 2. The number of imide groups is 1. The lowest BCUT2D eigenvalue weighted by Crippen LogP contribution is -2.32. The minimum Gasteiger partial charge on any atom is -0.493 e. The molecule has 7 nitrogen and oxygen atoms in total. The van der Waals surface area contributed by atoms with Gasteiger partial charge < -0.3 is 14.3 Å². The Bertz CT molecular complexity index is 913. The van der Waals surface area contributed by atoms with Gasteiger partial charge in [0.25, 0.3) is 11.8 Å². The number of ether oxygens (including phenoxy) is 2. The van der Waals surface area contributed by atoms with Crippen molar-refractivity contribution in [2.24, 2.45) is 0 Å². The van der Waals surface area contributed by atoms with Crippen LogP contribution in [0.3, 0.4) is 0 Å². The first-order valence-electron chi connectivity index (χ1n) is 9.13. The molecule has 2 aliphatic rings. The lowest BCUT2D eigenvalue weighted by atomic mass is 10.1. The van der Waals surface area contributed by atoms with E-state index < -0.39 is 17.8 Å². The molecule has 1 heterocycles. The summed E-state index contributed by atoms with van der Waals surface area (Å²) in [7, 11) is 1.48.